The number of nitrogens with one attached hydrogen (secondary N) is 1. The molecule has 0 aromatic heterocycles. The summed E-state index contributed by atoms with van der Waals surface area (Å²) in [6.45, 7) is 4.43. The molecule has 0 atom stereocenters. The van der Waals surface area contributed by atoms with E-state index in [0.29, 0.717) is 17.7 Å². The summed E-state index contributed by atoms with van der Waals surface area (Å²) in [5.41, 5.74) is 1.94. The Hall–Kier alpha value is -3.29. The third-order valence-electron chi connectivity index (χ3n) is 5.15. The first-order valence-electron chi connectivity index (χ1n) is 10.1. The lowest BCUT2D eigenvalue weighted by Crippen LogP contribution is -2.41. The number of amides is 1. The van der Waals surface area contributed by atoms with Crippen LogP contribution in [-0.4, -0.2) is 61.8 Å². The smallest absolute Gasteiger partial charge is 0.290 e. The molecule has 0 unspecified atom stereocenters. The number of halogens is 1. The first-order valence-corrected chi connectivity index (χ1v) is 10.1. The van der Waals surface area contributed by atoms with Crippen LogP contribution in [0.25, 0.3) is 21.9 Å². The number of carbonyl (C=O) groups is 2. The molecule has 0 radical (unpaired) electrons. The summed E-state index contributed by atoms with van der Waals surface area (Å²) in [4.78, 5) is 23.4. The van der Waals surface area contributed by atoms with E-state index in [4.69, 9.17) is 14.6 Å². The highest BCUT2D eigenvalue weighted by Gasteiger charge is 2.15. The minimum Gasteiger partial charge on any atom is -0.483 e. The summed E-state index contributed by atoms with van der Waals surface area (Å²) in [5, 5.41) is 11.6. The number of benzene rings is 3. The first-order chi connectivity index (χ1) is 15.2. The first kappa shape index (κ1) is 22.4. The number of hydrogen-bond donors (Lipinski definition) is 2. The second-order valence-electron chi connectivity index (χ2n) is 7.00. The van der Waals surface area contributed by atoms with E-state index >= 15 is 0 Å². The Morgan fingerprint density at radius 3 is 2.35 bits per heavy atom. The van der Waals surface area contributed by atoms with Crippen molar-refractivity contribution in [3.63, 3.8) is 0 Å². The quantitative estimate of drug-likeness (QED) is 0.614. The highest BCUT2D eigenvalue weighted by atomic mass is 19.1. The number of ether oxygens (including phenoxy) is 1. The topological polar surface area (TPSA) is 78.9 Å². The van der Waals surface area contributed by atoms with Gasteiger partial charge in [0.1, 0.15) is 5.82 Å². The lowest BCUT2D eigenvalue weighted by atomic mass is 9.94. The molecule has 7 heteroatoms. The molecule has 1 aliphatic heterocycles. The van der Waals surface area contributed by atoms with Crippen molar-refractivity contribution in [2.75, 3.05) is 39.4 Å². The summed E-state index contributed by atoms with van der Waals surface area (Å²) in [7, 11) is 0. The van der Waals surface area contributed by atoms with Crippen molar-refractivity contribution >= 4 is 23.2 Å². The Balaban J connectivity index is 0.000000858. The maximum absolute atomic E-state index is 14.3. The average Bonchev–Trinajstić information content (AvgIpc) is 2.80. The lowest BCUT2D eigenvalue weighted by Gasteiger charge is -2.26. The largest absolute Gasteiger partial charge is 0.483 e. The molecule has 6 nitrogen and oxygen atoms in total. The van der Waals surface area contributed by atoms with E-state index < -0.39 is 0 Å². The van der Waals surface area contributed by atoms with Gasteiger partial charge >= 0.3 is 0 Å². The van der Waals surface area contributed by atoms with Gasteiger partial charge in [-0.3, -0.25) is 14.5 Å². The van der Waals surface area contributed by atoms with Crippen molar-refractivity contribution < 1.29 is 23.8 Å². The van der Waals surface area contributed by atoms with Crippen LogP contribution in [0.4, 0.5) is 4.39 Å². The summed E-state index contributed by atoms with van der Waals surface area (Å²) >= 11 is 0. The standard InChI is InChI=1S/C23H23FN2O2.CH2O2/c24-22-8-4-3-7-20(22)19-9-10-21(18-6-2-1-5-17(18)19)23(27)25-11-12-26-13-15-28-16-14-26;2-1-3/h1-10H,11-16H2,(H,25,27);1H,(H,2,3). The molecule has 3 aromatic carbocycles. The van der Waals surface area contributed by atoms with Gasteiger partial charge < -0.3 is 15.2 Å². The van der Waals surface area contributed by atoms with Crippen LogP contribution in [0.15, 0.2) is 60.7 Å². The predicted molar refractivity (Wildman–Crippen MR) is 118 cm³/mol. The molecule has 1 aliphatic rings. The van der Waals surface area contributed by atoms with Crippen molar-refractivity contribution in [2.24, 2.45) is 0 Å². The zero-order chi connectivity index (χ0) is 22.1. The third kappa shape index (κ3) is 5.65. The van der Waals surface area contributed by atoms with E-state index in [2.05, 4.69) is 10.2 Å². The SMILES string of the molecule is O=C(NCCN1CCOCC1)c1ccc(-c2ccccc2F)c2ccccc12.O=CO. The number of morpholine rings is 1. The van der Waals surface area contributed by atoms with Crippen molar-refractivity contribution in [2.45, 2.75) is 0 Å². The molecule has 1 amide bonds. The molecule has 0 aliphatic carbocycles. The van der Waals surface area contributed by atoms with Crippen molar-refractivity contribution in [3.8, 4) is 11.1 Å². The molecule has 0 bridgehead atoms. The molecule has 4 rings (SSSR count). The molecule has 2 N–H and O–H groups in total. The highest BCUT2D eigenvalue weighted by molar-refractivity contribution is 6.11. The summed E-state index contributed by atoms with van der Waals surface area (Å²) in [6.07, 6.45) is 0. The van der Waals surface area contributed by atoms with Gasteiger partial charge in [-0.2, -0.15) is 0 Å². The van der Waals surface area contributed by atoms with Gasteiger partial charge in [-0.05, 0) is 28.5 Å². The van der Waals surface area contributed by atoms with Gasteiger partial charge in [0.25, 0.3) is 12.4 Å². The van der Waals surface area contributed by atoms with E-state index in [1.54, 1.807) is 18.2 Å². The molecular formula is C24H25FN2O4. The minimum atomic E-state index is -0.268. The number of carboxylic acid groups (broad SMARTS) is 1. The average molecular weight is 424 g/mol. The fourth-order valence-corrected chi connectivity index (χ4v) is 3.66. The fourth-order valence-electron chi connectivity index (χ4n) is 3.66. The maximum Gasteiger partial charge on any atom is 0.290 e. The van der Waals surface area contributed by atoms with Gasteiger partial charge in [0.05, 0.1) is 13.2 Å². The second kappa shape index (κ2) is 11.2. The van der Waals surface area contributed by atoms with Gasteiger partial charge in [-0.15, -0.1) is 0 Å². The molecule has 162 valence electrons. The zero-order valence-corrected chi connectivity index (χ0v) is 17.1. The molecule has 3 aromatic rings. The Labute approximate surface area is 180 Å². The van der Waals surface area contributed by atoms with Crippen molar-refractivity contribution in [3.05, 3.63) is 72.0 Å². The third-order valence-corrected chi connectivity index (χ3v) is 5.15. The maximum atomic E-state index is 14.3. The molecule has 1 heterocycles. The fraction of sp³-hybridized carbons (Fsp3) is 0.250. The van der Waals surface area contributed by atoms with Gasteiger partial charge in [-0.1, -0.05) is 48.5 Å². The van der Waals surface area contributed by atoms with E-state index in [1.807, 2.05) is 36.4 Å². The minimum absolute atomic E-state index is 0.107. The molecule has 0 saturated carbocycles. The lowest BCUT2D eigenvalue weighted by molar-refractivity contribution is -0.122. The predicted octanol–water partition coefficient (Wildman–Crippen LogP) is 3.41. The second-order valence-corrected chi connectivity index (χ2v) is 7.00. The van der Waals surface area contributed by atoms with Crippen LogP contribution in [0.5, 0.6) is 0 Å². The number of hydrogen-bond acceptors (Lipinski definition) is 4. The molecule has 0 spiro atoms. The summed E-state index contributed by atoms with van der Waals surface area (Å²) < 4.78 is 19.7. The molecular weight excluding hydrogens is 399 g/mol. The monoisotopic (exact) mass is 424 g/mol. The Bertz CT molecular complexity index is 1040. The van der Waals surface area contributed by atoms with Crippen LogP contribution in [0, 0.1) is 5.82 Å². The van der Waals surface area contributed by atoms with Crippen molar-refractivity contribution in [1.29, 1.82) is 0 Å². The summed E-state index contributed by atoms with van der Waals surface area (Å²) in [5.74, 6) is -0.375. The Kier molecular flexibility index (Phi) is 8.09. The number of carbonyl (C=O) groups excluding carboxylic acids is 1. The molecule has 1 fully saturated rings. The van der Waals surface area contributed by atoms with E-state index in [1.165, 1.54) is 6.07 Å². The normalized spacial score (nSPS) is 13.8. The van der Waals surface area contributed by atoms with Gasteiger partial charge in [0.15, 0.2) is 0 Å². The molecule has 1 saturated heterocycles. The summed E-state index contributed by atoms with van der Waals surface area (Å²) in [6, 6.07) is 18.0. The van der Waals surface area contributed by atoms with Gasteiger partial charge in [0, 0.05) is 37.3 Å². The zero-order valence-electron chi connectivity index (χ0n) is 17.1. The molecule has 31 heavy (non-hydrogen) atoms. The number of rotatable bonds is 5. The van der Waals surface area contributed by atoms with Crippen LogP contribution in [0.2, 0.25) is 0 Å². The van der Waals surface area contributed by atoms with Crippen LogP contribution in [0.3, 0.4) is 0 Å². The van der Waals surface area contributed by atoms with E-state index in [-0.39, 0.29) is 18.2 Å². The Morgan fingerprint density at radius 2 is 1.65 bits per heavy atom. The van der Waals surface area contributed by atoms with Crippen molar-refractivity contribution in [1.82, 2.24) is 10.2 Å². The highest BCUT2D eigenvalue weighted by Crippen LogP contribution is 2.32. The number of fused-ring (bicyclic) bond motifs is 1. The number of nitrogens with zero attached hydrogens (tertiary/aromatic N) is 1. The van der Waals surface area contributed by atoms with Crippen LogP contribution in [0.1, 0.15) is 10.4 Å². The van der Waals surface area contributed by atoms with E-state index in [9.17, 15) is 9.18 Å². The van der Waals surface area contributed by atoms with Crippen LogP contribution < -0.4 is 5.32 Å². The van der Waals surface area contributed by atoms with Crippen LogP contribution >= 0.6 is 0 Å². The van der Waals surface area contributed by atoms with Crippen LogP contribution in [-0.2, 0) is 9.53 Å². The van der Waals surface area contributed by atoms with Gasteiger partial charge in [0.2, 0.25) is 0 Å². The van der Waals surface area contributed by atoms with Gasteiger partial charge in [-0.25, -0.2) is 4.39 Å². The van der Waals surface area contributed by atoms with E-state index in [0.717, 1.165) is 49.2 Å². The Morgan fingerprint density at radius 1 is 1.00 bits per heavy atom.